The number of aliphatic hydroxyl groups excluding tert-OH is 1. The zero-order valence-electron chi connectivity index (χ0n) is 20.2. The first kappa shape index (κ1) is 24.9. The number of nitrogens with two attached hydrogens (primary N) is 1. The van der Waals surface area contributed by atoms with Crippen LogP contribution in [0.25, 0.3) is 22.2 Å². The Morgan fingerprint density at radius 3 is 2.39 bits per heavy atom. The minimum Gasteiger partial charge on any atom is -0.490 e. The van der Waals surface area contributed by atoms with Crippen LogP contribution in [0.3, 0.4) is 0 Å². The second kappa shape index (κ2) is 10.5. The Kier molecular flexibility index (Phi) is 7.92. The number of carbonyl (C=O) groups is 1. The number of aliphatic hydroxyl groups is 1. The number of amides is 1. The van der Waals surface area contributed by atoms with E-state index < -0.39 is 12.0 Å². The Morgan fingerprint density at radius 2 is 1.79 bits per heavy atom. The van der Waals surface area contributed by atoms with Crippen molar-refractivity contribution < 1.29 is 19.1 Å². The molecular weight excluding hydrogens is 438 g/mol. The van der Waals surface area contributed by atoms with Crippen molar-refractivity contribution in [3.8, 4) is 28.0 Å². The van der Waals surface area contributed by atoms with Crippen molar-refractivity contribution >= 4 is 17.2 Å². The molecule has 2 heterocycles. The fraction of sp³-hybridized carbons (Fsp3) is 0.480. The number of hydrogen-bond donors (Lipinski definition) is 2. The lowest BCUT2D eigenvalue weighted by Crippen LogP contribution is -2.21. The third-order valence-electron chi connectivity index (χ3n) is 5.56. The van der Waals surface area contributed by atoms with Crippen LogP contribution in [0.2, 0.25) is 0 Å². The van der Waals surface area contributed by atoms with Gasteiger partial charge in [0.1, 0.15) is 12.4 Å². The van der Waals surface area contributed by atoms with Gasteiger partial charge in [-0.15, -0.1) is 21.5 Å². The summed E-state index contributed by atoms with van der Waals surface area (Å²) in [4.78, 5) is 13.2. The van der Waals surface area contributed by atoms with Gasteiger partial charge in [-0.2, -0.15) is 0 Å². The number of ether oxygens (including phenoxy) is 1. The maximum absolute atomic E-state index is 10.9. The third kappa shape index (κ3) is 6.00. The maximum Gasteiger partial charge on any atom is 0.258 e. The summed E-state index contributed by atoms with van der Waals surface area (Å²) in [6.45, 7) is 12.7. The lowest BCUT2D eigenvalue weighted by molar-refractivity contribution is -0.118. The Morgan fingerprint density at radius 1 is 1.15 bits per heavy atom. The quantitative estimate of drug-likeness (QED) is 0.435. The van der Waals surface area contributed by atoms with Crippen LogP contribution in [0, 0.1) is 33.6 Å². The molecule has 8 heteroatoms. The lowest BCUT2D eigenvalue weighted by atomic mass is 9.99. The van der Waals surface area contributed by atoms with Crippen molar-refractivity contribution in [2.75, 3.05) is 6.61 Å². The highest BCUT2D eigenvalue weighted by Crippen LogP contribution is 2.38. The van der Waals surface area contributed by atoms with Crippen LogP contribution in [0.5, 0.6) is 5.75 Å². The predicted molar refractivity (Wildman–Crippen MR) is 130 cm³/mol. The van der Waals surface area contributed by atoms with Crippen LogP contribution in [0.4, 0.5) is 0 Å². The van der Waals surface area contributed by atoms with Gasteiger partial charge in [0.15, 0.2) is 0 Å². The van der Waals surface area contributed by atoms with E-state index in [2.05, 4.69) is 37.9 Å². The number of carbonyl (C=O) groups excluding carboxylic acids is 1. The molecule has 1 atom stereocenters. The van der Waals surface area contributed by atoms with Gasteiger partial charge in [0.05, 0.1) is 11.0 Å². The summed E-state index contributed by atoms with van der Waals surface area (Å²) in [6.07, 6.45) is 0.680. The first-order chi connectivity index (χ1) is 15.6. The van der Waals surface area contributed by atoms with E-state index in [1.54, 1.807) is 11.3 Å². The molecule has 0 aliphatic rings. The molecule has 33 heavy (non-hydrogen) atoms. The third-order valence-corrected chi connectivity index (χ3v) is 6.79. The minimum absolute atomic E-state index is 0.0920. The van der Waals surface area contributed by atoms with Gasteiger partial charge in [0.25, 0.3) is 5.89 Å². The van der Waals surface area contributed by atoms with Gasteiger partial charge >= 0.3 is 0 Å². The van der Waals surface area contributed by atoms with Gasteiger partial charge in [0, 0.05) is 16.9 Å². The van der Waals surface area contributed by atoms with Crippen LogP contribution in [-0.2, 0) is 11.2 Å². The van der Waals surface area contributed by atoms with Crippen molar-refractivity contribution in [1.29, 1.82) is 0 Å². The molecule has 7 nitrogen and oxygen atoms in total. The Balaban J connectivity index is 1.79. The zero-order chi connectivity index (χ0) is 24.3. The van der Waals surface area contributed by atoms with Crippen molar-refractivity contribution in [2.45, 2.75) is 66.9 Å². The van der Waals surface area contributed by atoms with Gasteiger partial charge in [0.2, 0.25) is 11.8 Å². The summed E-state index contributed by atoms with van der Waals surface area (Å²) in [7, 11) is 0. The smallest absolute Gasteiger partial charge is 0.258 e. The van der Waals surface area contributed by atoms with Gasteiger partial charge in [-0.25, -0.2) is 0 Å². The topological polar surface area (TPSA) is 111 Å². The fourth-order valence-corrected chi connectivity index (χ4v) is 5.02. The number of benzene rings is 1. The molecule has 2 aromatic heterocycles. The minimum atomic E-state index is -0.757. The van der Waals surface area contributed by atoms with E-state index in [4.69, 9.17) is 14.9 Å². The van der Waals surface area contributed by atoms with Crippen molar-refractivity contribution in [3.63, 3.8) is 0 Å². The molecule has 0 saturated carbocycles. The average Bonchev–Trinajstić information content (AvgIpc) is 3.32. The van der Waals surface area contributed by atoms with Gasteiger partial charge in [-0.1, -0.05) is 13.8 Å². The van der Waals surface area contributed by atoms with Gasteiger partial charge in [-0.3, -0.25) is 4.79 Å². The van der Waals surface area contributed by atoms with E-state index in [9.17, 15) is 9.90 Å². The highest BCUT2D eigenvalue weighted by atomic mass is 32.1. The van der Waals surface area contributed by atoms with E-state index in [0.717, 1.165) is 28.0 Å². The summed E-state index contributed by atoms with van der Waals surface area (Å²) in [5.74, 6) is 1.84. The lowest BCUT2D eigenvalue weighted by Gasteiger charge is -2.16. The number of aromatic nitrogens is 2. The fourth-order valence-electron chi connectivity index (χ4n) is 3.91. The van der Waals surface area contributed by atoms with Crippen molar-refractivity contribution in [2.24, 2.45) is 11.7 Å². The van der Waals surface area contributed by atoms with Gasteiger partial charge in [-0.05, 0) is 80.8 Å². The largest absolute Gasteiger partial charge is 0.490 e. The molecule has 0 fully saturated rings. The van der Waals surface area contributed by atoms with E-state index in [0.29, 0.717) is 23.4 Å². The number of hydrogen-bond acceptors (Lipinski definition) is 7. The number of thiophene rings is 1. The van der Waals surface area contributed by atoms with E-state index in [1.165, 1.54) is 16.0 Å². The molecule has 3 N–H and O–H groups in total. The molecule has 0 aliphatic carbocycles. The molecule has 3 rings (SSSR count). The molecule has 0 radical (unpaired) electrons. The number of aryl methyl sites for hydroxylation is 3. The predicted octanol–water partition coefficient (Wildman–Crippen LogP) is 4.90. The number of primary amides is 1. The van der Waals surface area contributed by atoms with Crippen LogP contribution in [0.1, 0.15) is 53.8 Å². The molecule has 0 aliphatic heterocycles. The first-order valence-corrected chi connectivity index (χ1v) is 12.0. The second-order valence-electron chi connectivity index (χ2n) is 9.01. The van der Waals surface area contributed by atoms with Crippen LogP contribution < -0.4 is 10.5 Å². The molecular formula is C25H33N3O4S. The number of nitrogens with zero attached hydrogens (tertiary/aromatic N) is 2. The zero-order valence-corrected chi connectivity index (χ0v) is 21.0. The molecule has 3 aromatic rings. The van der Waals surface area contributed by atoms with Crippen LogP contribution >= 0.6 is 11.3 Å². The van der Waals surface area contributed by atoms with E-state index in [-0.39, 0.29) is 19.4 Å². The molecule has 0 saturated heterocycles. The maximum atomic E-state index is 10.9. The Bertz CT molecular complexity index is 1110. The second-order valence-corrected chi connectivity index (χ2v) is 10.2. The molecule has 1 amide bonds. The van der Waals surface area contributed by atoms with E-state index >= 15 is 0 Å². The highest BCUT2D eigenvalue weighted by molar-refractivity contribution is 7.15. The molecule has 0 bridgehead atoms. The molecule has 0 spiro atoms. The Hall–Kier alpha value is -2.71. The first-order valence-electron chi connectivity index (χ1n) is 11.2. The van der Waals surface area contributed by atoms with Crippen molar-refractivity contribution in [1.82, 2.24) is 10.2 Å². The number of rotatable bonds is 10. The Labute approximate surface area is 199 Å². The SMILES string of the molecule is Cc1cc(-c2nnc(-c3sc(C)c(CC(C)C)c3C)o2)cc(C)c1OC[C@@H](O)CCC(N)=O. The molecule has 1 aromatic carbocycles. The van der Waals surface area contributed by atoms with E-state index in [1.807, 2.05) is 26.0 Å². The van der Waals surface area contributed by atoms with Crippen molar-refractivity contribution in [3.05, 3.63) is 39.3 Å². The standard InChI is InChI=1S/C25H33N3O4S/c1-13(2)9-20-16(5)23(33-17(20)6)25-28-27-24(32-25)18-10-14(3)22(15(4)11-18)31-12-19(29)7-8-21(26)30/h10-11,13,19,29H,7-9,12H2,1-6H3,(H2,26,30)/t19-/m0/s1. The summed E-state index contributed by atoms with van der Waals surface area (Å²) >= 11 is 1.70. The monoisotopic (exact) mass is 471 g/mol. The summed E-state index contributed by atoms with van der Waals surface area (Å²) < 4.78 is 11.9. The summed E-state index contributed by atoms with van der Waals surface area (Å²) in [5.41, 5.74) is 10.3. The normalized spacial score (nSPS) is 12.4. The summed E-state index contributed by atoms with van der Waals surface area (Å²) in [5, 5.41) is 18.6. The average molecular weight is 472 g/mol. The highest BCUT2D eigenvalue weighted by Gasteiger charge is 2.20. The molecule has 178 valence electrons. The molecule has 0 unspecified atom stereocenters. The summed E-state index contributed by atoms with van der Waals surface area (Å²) in [6, 6.07) is 3.87. The van der Waals surface area contributed by atoms with Gasteiger partial charge < -0.3 is 20.0 Å². The van der Waals surface area contributed by atoms with Crippen LogP contribution in [0.15, 0.2) is 16.5 Å². The van der Waals surface area contributed by atoms with Crippen LogP contribution in [-0.4, -0.2) is 33.9 Å².